The fourth-order valence-corrected chi connectivity index (χ4v) is 3.51. The SMILES string of the molecule is Cc1ccc2c(c1)nc(CCl)n2C(C)(C)c1nccs1. The molecule has 0 N–H and O–H groups in total. The van der Waals surface area contributed by atoms with Gasteiger partial charge in [-0.2, -0.15) is 0 Å². The van der Waals surface area contributed by atoms with Crippen LogP contribution >= 0.6 is 22.9 Å². The zero-order valence-electron chi connectivity index (χ0n) is 11.7. The third kappa shape index (κ3) is 2.03. The lowest BCUT2D eigenvalue weighted by Gasteiger charge is -2.27. The Balaban J connectivity index is 2.29. The van der Waals surface area contributed by atoms with Crippen molar-refractivity contribution in [3.8, 4) is 0 Å². The lowest BCUT2D eigenvalue weighted by molar-refractivity contribution is 0.435. The predicted molar refractivity (Wildman–Crippen MR) is 84.6 cm³/mol. The third-order valence-electron chi connectivity index (χ3n) is 3.51. The quantitative estimate of drug-likeness (QED) is 0.675. The number of aryl methyl sites for hydroxylation is 1. The largest absolute Gasteiger partial charge is 0.315 e. The Kier molecular flexibility index (Phi) is 3.30. The molecule has 3 nitrogen and oxygen atoms in total. The van der Waals surface area contributed by atoms with Gasteiger partial charge in [-0.1, -0.05) is 6.07 Å². The Bertz CT molecular complexity index is 744. The van der Waals surface area contributed by atoms with Crippen molar-refractivity contribution in [1.82, 2.24) is 14.5 Å². The molecule has 0 aliphatic rings. The minimum Gasteiger partial charge on any atom is -0.315 e. The zero-order chi connectivity index (χ0) is 14.3. The van der Waals surface area contributed by atoms with E-state index in [1.54, 1.807) is 11.3 Å². The van der Waals surface area contributed by atoms with Crippen molar-refractivity contribution >= 4 is 34.0 Å². The molecule has 0 atom stereocenters. The van der Waals surface area contributed by atoms with Crippen LogP contribution in [0.15, 0.2) is 29.8 Å². The van der Waals surface area contributed by atoms with E-state index in [4.69, 9.17) is 11.6 Å². The first-order valence-corrected chi connectivity index (χ1v) is 7.90. The second-order valence-corrected chi connectivity index (χ2v) is 6.55. The van der Waals surface area contributed by atoms with Crippen LogP contribution in [0.4, 0.5) is 0 Å². The van der Waals surface area contributed by atoms with E-state index in [9.17, 15) is 0 Å². The van der Waals surface area contributed by atoms with Crippen LogP contribution in [0.3, 0.4) is 0 Å². The van der Waals surface area contributed by atoms with Gasteiger partial charge in [-0.25, -0.2) is 9.97 Å². The number of nitrogens with zero attached hydrogens (tertiary/aromatic N) is 3. The molecule has 0 aliphatic carbocycles. The van der Waals surface area contributed by atoms with Crippen molar-refractivity contribution in [3.63, 3.8) is 0 Å². The summed E-state index contributed by atoms with van der Waals surface area (Å²) in [7, 11) is 0. The molecule has 3 aromatic rings. The lowest BCUT2D eigenvalue weighted by atomic mass is 10.1. The number of imidazole rings is 1. The van der Waals surface area contributed by atoms with Crippen LogP contribution in [-0.2, 0) is 11.4 Å². The van der Waals surface area contributed by atoms with E-state index in [2.05, 4.69) is 53.5 Å². The van der Waals surface area contributed by atoms with E-state index in [-0.39, 0.29) is 5.54 Å². The number of fused-ring (bicyclic) bond motifs is 1. The van der Waals surface area contributed by atoms with Gasteiger partial charge in [0, 0.05) is 11.6 Å². The van der Waals surface area contributed by atoms with E-state index >= 15 is 0 Å². The highest BCUT2D eigenvalue weighted by atomic mass is 35.5. The number of rotatable bonds is 3. The molecular formula is C15H16ClN3S. The number of hydrogen-bond acceptors (Lipinski definition) is 3. The van der Waals surface area contributed by atoms with Crippen molar-refractivity contribution in [3.05, 3.63) is 46.2 Å². The van der Waals surface area contributed by atoms with E-state index in [1.165, 1.54) is 5.56 Å². The molecule has 0 saturated carbocycles. The Morgan fingerprint density at radius 2 is 2.15 bits per heavy atom. The average molecular weight is 306 g/mol. The number of benzene rings is 1. The van der Waals surface area contributed by atoms with Gasteiger partial charge in [0.15, 0.2) is 0 Å². The van der Waals surface area contributed by atoms with Crippen LogP contribution in [0.5, 0.6) is 0 Å². The molecule has 0 spiro atoms. The van der Waals surface area contributed by atoms with Crippen LogP contribution in [0, 0.1) is 6.92 Å². The second-order valence-electron chi connectivity index (χ2n) is 5.39. The maximum atomic E-state index is 6.11. The first-order chi connectivity index (χ1) is 9.54. The van der Waals surface area contributed by atoms with E-state index < -0.39 is 0 Å². The van der Waals surface area contributed by atoms with Gasteiger partial charge >= 0.3 is 0 Å². The molecule has 0 aliphatic heterocycles. The van der Waals surface area contributed by atoms with Crippen LogP contribution < -0.4 is 0 Å². The smallest absolute Gasteiger partial charge is 0.125 e. The molecule has 0 bridgehead atoms. The Morgan fingerprint density at radius 1 is 1.35 bits per heavy atom. The normalized spacial score (nSPS) is 12.2. The molecule has 0 unspecified atom stereocenters. The Hall–Kier alpha value is -1.39. The lowest BCUT2D eigenvalue weighted by Crippen LogP contribution is -2.29. The fourth-order valence-electron chi connectivity index (χ4n) is 2.57. The van der Waals surface area contributed by atoms with E-state index in [0.29, 0.717) is 5.88 Å². The van der Waals surface area contributed by atoms with Crippen molar-refractivity contribution < 1.29 is 0 Å². The minimum atomic E-state index is -0.262. The minimum absolute atomic E-state index is 0.262. The van der Waals surface area contributed by atoms with Gasteiger partial charge in [0.1, 0.15) is 10.8 Å². The predicted octanol–water partition coefficient (Wildman–Crippen LogP) is 4.32. The molecule has 20 heavy (non-hydrogen) atoms. The van der Waals surface area contributed by atoms with Gasteiger partial charge in [0.2, 0.25) is 0 Å². The maximum Gasteiger partial charge on any atom is 0.125 e. The molecule has 3 rings (SSSR count). The number of thiazole rings is 1. The second kappa shape index (κ2) is 4.86. The van der Waals surface area contributed by atoms with Crippen molar-refractivity contribution in [2.45, 2.75) is 32.2 Å². The Labute approximate surface area is 127 Å². The fraction of sp³-hybridized carbons (Fsp3) is 0.333. The van der Waals surface area contributed by atoms with Gasteiger partial charge in [-0.15, -0.1) is 22.9 Å². The first kappa shape index (κ1) is 13.6. The van der Waals surface area contributed by atoms with Crippen LogP contribution in [-0.4, -0.2) is 14.5 Å². The molecule has 2 aromatic heterocycles. The molecule has 1 aromatic carbocycles. The zero-order valence-corrected chi connectivity index (χ0v) is 13.3. The van der Waals surface area contributed by atoms with Gasteiger partial charge in [-0.3, -0.25) is 0 Å². The molecule has 104 valence electrons. The molecular weight excluding hydrogens is 290 g/mol. The number of aromatic nitrogens is 3. The number of alkyl halides is 1. The summed E-state index contributed by atoms with van der Waals surface area (Å²) in [5.41, 5.74) is 3.04. The maximum absolute atomic E-state index is 6.11. The molecule has 0 amide bonds. The van der Waals surface area contributed by atoms with Gasteiger partial charge in [0.25, 0.3) is 0 Å². The summed E-state index contributed by atoms with van der Waals surface area (Å²) >= 11 is 7.77. The van der Waals surface area contributed by atoms with E-state index in [1.807, 2.05) is 11.6 Å². The first-order valence-electron chi connectivity index (χ1n) is 6.48. The summed E-state index contributed by atoms with van der Waals surface area (Å²) in [6, 6.07) is 6.32. The summed E-state index contributed by atoms with van der Waals surface area (Å²) in [6.45, 7) is 6.39. The highest BCUT2D eigenvalue weighted by Crippen LogP contribution is 2.33. The number of halogens is 1. The summed E-state index contributed by atoms with van der Waals surface area (Å²) in [4.78, 5) is 9.15. The number of hydrogen-bond donors (Lipinski definition) is 0. The molecule has 0 fully saturated rings. The summed E-state index contributed by atoms with van der Waals surface area (Å²) < 4.78 is 2.20. The molecule has 0 radical (unpaired) electrons. The summed E-state index contributed by atoms with van der Waals surface area (Å²) in [5, 5.41) is 3.06. The van der Waals surface area contributed by atoms with Crippen molar-refractivity contribution in [2.24, 2.45) is 0 Å². The third-order valence-corrected chi connectivity index (χ3v) is 4.84. The van der Waals surface area contributed by atoms with E-state index in [0.717, 1.165) is 21.9 Å². The average Bonchev–Trinajstić information content (AvgIpc) is 3.05. The van der Waals surface area contributed by atoms with Crippen molar-refractivity contribution in [1.29, 1.82) is 0 Å². The monoisotopic (exact) mass is 305 g/mol. The highest BCUT2D eigenvalue weighted by Gasteiger charge is 2.29. The Morgan fingerprint density at radius 3 is 2.80 bits per heavy atom. The standard InChI is InChI=1S/C15H16ClN3S/c1-10-4-5-12-11(8-10)18-13(9-16)19(12)15(2,3)14-17-6-7-20-14/h4-8H,9H2,1-3H3. The van der Waals surface area contributed by atoms with Gasteiger partial charge < -0.3 is 4.57 Å². The van der Waals surface area contributed by atoms with Gasteiger partial charge in [0.05, 0.1) is 22.5 Å². The van der Waals surface area contributed by atoms with Crippen LogP contribution in [0.1, 0.15) is 30.2 Å². The summed E-state index contributed by atoms with van der Waals surface area (Å²) in [5.74, 6) is 1.27. The van der Waals surface area contributed by atoms with Crippen LogP contribution in [0.2, 0.25) is 0 Å². The van der Waals surface area contributed by atoms with Gasteiger partial charge in [-0.05, 0) is 38.5 Å². The molecule has 2 heterocycles. The van der Waals surface area contributed by atoms with Crippen LogP contribution in [0.25, 0.3) is 11.0 Å². The molecule has 5 heteroatoms. The molecule has 0 saturated heterocycles. The van der Waals surface area contributed by atoms with Crippen molar-refractivity contribution in [2.75, 3.05) is 0 Å². The summed E-state index contributed by atoms with van der Waals surface area (Å²) in [6.07, 6.45) is 1.84. The topological polar surface area (TPSA) is 30.7 Å². The highest BCUT2D eigenvalue weighted by molar-refractivity contribution is 7.09.